The van der Waals surface area contributed by atoms with Crippen LogP contribution in [0.25, 0.3) is 21.5 Å². The first-order chi connectivity index (χ1) is 17.7. The number of hydrogen-bond acceptors (Lipinski definition) is 7. The summed E-state index contributed by atoms with van der Waals surface area (Å²) in [5, 5.41) is 5.33. The summed E-state index contributed by atoms with van der Waals surface area (Å²) in [7, 11) is 3.75. The first kappa shape index (κ1) is 26.0. The lowest BCUT2D eigenvalue weighted by atomic mass is 9.89. The number of carbonyl (C=O) groups is 5. The molecule has 37 heavy (non-hydrogen) atoms. The number of nitrogens with one attached hydrogen (secondary N) is 1. The highest BCUT2D eigenvalue weighted by molar-refractivity contribution is 6.31. The zero-order chi connectivity index (χ0) is 26.7. The van der Waals surface area contributed by atoms with Gasteiger partial charge in [-0.25, -0.2) is 0 Å². The van der Waals surface area contributed by atoms with E-state index in [2.05, 4.69) is 5.32 Å². The molecule has 192 valence electrons. The molecule has 1 heterocycles. The van der Waals surface area contributed by atoms with E-state index >= 15 is 0 Å². The van der Waals surface area contributed by atoms with Crippen molar-refractivity contribution in [2.75, 3.05) is 39.1 Å². The number of fused-ring (bicyclic) bond motifs is 2. The zero-order valence-electron chi connectivity index (χ0n) is 21.1. The predicted molar refractivity (Wildman–Crippen MR) is 139 cm³/mol. The van der Waals surface area contributed by atoms with E-state index in [1.165, 1.54) is 4.90 Å². The normalized spacial score (nSPS) is 12.9. The van der Waals surface area contributed by atoms with Crippen LogP contribution >= 0.6 is 0 Å². The van der Waals surface area contributed by atoms with Crippen molar-refractivity contribution in [2.24, 2.45) is 0 Å². The van der Waals surface area contributed by atoms with Gasteiger partial charge in [0.05, 0.1) is 25.0 Å². The van der Waals surface area contributed by atoms with E-state index in [9.17, 15) is 24.0 Å². The van der Waals surface area contributed by atoms with Crippen molar-refractivity contribution in [3.8, 4) is 0 Å². The second-order valence-electron chi connectivity index (χ2n) is 9.19. The fourth-order valence-electron chi connectivity index (χ4n) is 4.52. The summed E-state index contributed by atoms with van der Waals surface area (Å²) < 4.78 is 4.81. The third-order valence-corrected chi connectivity index (χ3v) is 6.27. The summed E-state index contributed by atoms with van der Waals surface area (Å²) in [6.07, 6.45) is -0.534. The molecule has 3 aromatic rings. The molecule has 3 aromatic carbocycles. The fraction of sp³-hybridized carbons (Fsp3) is 0.321. The van der Waals surface area contributed by atoms with Crippen LogP contribution in [0.4, 0.5) is 5.69 Å². The molecule has 0 unspecified atom stereocenters. The number of nitrogens with zero attached hydrogens (tertiary/aromatic N) is 2. The van der Waals surface area contributed by atoms with Gasteiger partial charge in [0.15, 0.2) is 0 Å². The number of hydrogen-bond donors (Lipinski definition) is 1. The molecule has 0 radical (unpaired) electrons. The SMILES string of the molecule is CCOC(=O)CCC(=O)CC(=O)Nc1cccc2c3c4c(cccc4cc12)C(=O)N(CCN(C)C)C3=O. The average Bonchev–Trinajstić information content (AvgIpc) is 2.85. The number of anilines is 1. The molecule has 4 rings (SSSR count). The van der Waals surface area contributed by atoms with Crippen molar-refractivity contribution in [3.63, 3.8) is 0 Å². The highest BCUT2D eigenvalue weighted by atomic mass is 16.5. The molecular formula is C28H29N3O6. The molecule has 0 bridgehead atoms. The number of Topliss-reactive ketones (excluding diaryl/α,β-unsaturated/α-hetero) is 1. The van der Waals surface area contributed by atoms with E-state index in [-0.39, 0.29) is 50.0 Å². The van der Waals surface area contributed by atoms with Crippen LogP contribution in [0.1, 0.15) is 46.9 Å². The molecule has 0 saturated heterocycles. The second kappa shape index (κ2) is 10.9. The fourth-order valence-corrected chi connectivity index (χ4v) is 4.52. The van der Waals surface area contributed by atoms with Gasteiger partial charge in [-0.3, -0.25) is 28.9 Å². The van der Waals surface area contributed by atoms with Gasteiger partial charge in [0, 0.05) is 41.5 Å². The molecular weight excluding hydrogens is 474 g/mol. The monoisotopic (exact) mass is 503 g/mol. The van der Waals surface area contributed by atoms with Crippen LogP contribution in [0, 0.1) is 0 Å². The number of rotatable bonds is 10. The molecule has 3 amide bonds. The highest BCUT2D eigenvalue weighted by Crippen LogP contribution is 2.38. The number of benzene rings is 3. The Kier molecular flexibility index (Phi) is 7.63. The molecule has 1 N–H and O–H groups in total. The second-order valence-corrected chi connectivity index (χ2v) is 9.19. The number of amides is 3. The van der Waals surface area contributed by atoms with Crippen molar-refractivity contribution in [2.45, 2.75) is 26.2 Å². The first-order valence-electron chi connectivity index (χ1n) is 12.2. The van der Waals surface area contributed by atoms with Crippen molar-refractivity contribution in [1.82, 2.24) is 9.80 Å². The van der Waals surface area contributed by atoms with E-state index in [1.807, 2.05) is 31.1 Å². The maximum absolute atomic E-state index is 13.6. The Morgan fingerprint density at radius 1 is 0.973 bits per heavy atom. The largest absolute Gasteiger partial charge is 0.466 e. The summed E-state index contributed by atoms with van der Waals surface area (Å²) in [5.41, 5.74) is 1.34. The molecule has 9 heteroatoms. The molecule has 0 spiro atoms. The van der Waals surface area contributed by atoms with Gasteiger partial charge in [0.2, 0.25) is 5.91 Å². The maximum atomic E-state index is 13.6. The Morgan fingerprint density at radius 2 is 1.73 bits per heavy atom. The van der Waals surface area contributed by atoms with Crippen LogP contribution in [0.5, 0.6) is 0 Å². The van der Waals surface area contributed by atoms with Crippen LogP contribution in [-0.4, -0.2) is 73.1 Å². The molecule has 0 aliphatic carbocycles. The Bertz CT molecular complexity index is 1430. The third kappa shape index (κ3) is 5.36. The third-order valence-electron chi connectivity index (χ3n) is 6.27. The van der Waals surface area contributed by atoms with Crippen LogP contribution in [-0.2, 0) is 19.1 Å². The molecule has 0 atom stereocenters. The predicted octanol–water partition coefficient (Wildman–Crippen LogP) is 3.39. The number of ether oxygens (including phenoxy) is 1. The summed E-state index contributed by atoms with van der Waals surface area (Å²) >= 11 is 0. The van der Waals surface area contributed by atoms with Gasteiger partial charge >= 0.3 is 5.97 Å². The summed E-state index contributed by atoms with van der Waals surface area (Å²) in [6, 6.07) is 12.4. The number of esters is 1. The van der Waals surface area contributed by atoms with Crippen molar-refractivity contribution >= 4 is 56.7 Å². The number of likely N-dealkylation sites (N-methyl/N-ethyl adjacent to an activating group) is 1. The maximum Gasteiger partial charge on any atom is 0.306 e. The summed E-state index contributed by atoms with van der Waals surface area (Å²) in [4.78, 5) is 66.3. The average molecular weight is 504 g/mol. The van der Waals surface area contributed by atoms with Gasteiger partial charge in [-0.05, 0) is 50.0 Å². The molecule has 1 aliphatic rings. The molecule has 0 saturated carbocycles. The van der Waals surface area contributed by atoms with E-state index in [0.717, 1.165) is 0 Å². The van der Waals surface area contributed by atoms with Gasteiger partial charge in [-0.1, -0.05) is 24.3 Å². The Balaban J connectivity index is 1.67. The molecule has 0 aromatic heterocycles. The Hall–Kier alpha value is -4.11. The number of carbonyl (C=O) groups excluding carboxylic acids is 5. The summed E-state index contributed by atoms with van der Waals surface area (Å²) in [5.74, 6) is -2.07. The quantitative estimate of drug-likeness (QED) is 0.195. The van der Waals surface area contributed by atoms with E-state index in [0.29, 0.717) is 44.9 Å². The van der Waals surface area contributed by atoms with Crippen LogP contribution < -0.4 is 5.32 Å². The molecule has 1 aliphatic heterocycles. The first-order valence-corrected chi connectivity index (χ1v) is 12.2. The zero-order valence-corrected chi connectivity index (χ0v) is 21.1. The molecule has 9 nitrogen and oxygen atoms in total. The van der Waals surface area contributed by atoms with Crippen molar-refractivity contribution in [1.29, 1.82) is 0 Å². The van der Waals surface area contributed by atoms with E-state index < -0.39 is 11.9 Å². The smallest absolute Gasteiger partial charge is 0.306 e. The van der Waals surface area contributed by atoms with Crippen LogP contribution in [0.2, 0.25) is 0 Å². The minimum absolute atomic E-state index is 0.0724. The molecule has 0 fully saturated rings. The topological polar surface area (TPSA) is 113 Å². The minimum atomic E-state index is -0.516. The Labute approximate surface area is 214 Å². The number of ketones is 1. The lowest BCUT2D eigenvalue weighted by Crippen LogP contribution is -2.43. The van der Waals surface area contributed by atoms with Crippen LogP contribution in [0.15, 0.2) is 42.5 Å². The lowest BCUT2D eigenvalue weighted by Gasteiger charge is -2.29. The van der Waals surface area contributed by atoms with Gasteiger partial charge in [0.25, 0.3) is 11.8 Å². The lowest BCUT2D eigenvalue weighted by molar-refractivity contribution is -0.144. The van der Waals surface area contributed by atoms with Gasteiger partial charge < -0.3 is 15.0 Å². The summed E-state index contributed by atoms with van der Waals surface area (Å²) in [6.45, 7) is 2.69. The van der Waals surface area contributed by atoms with Gasteiger partial charge in [-0.2, -0.15) is 0 Å². The Morgan fingerprint density at radius 3 is 2.46 bits per heavy atom. The standard InChI is InChI=1S/C28H29N3O6/c1-4-37-24(34)12-11-18(32)16-23(33)29-22-10-6-8-19-21(22)15-17-7-5-9-20-25(17)26(19)28(36)31(27(20)35)14-13-30(2)3/h5-10,15H,4,11-14,16H2,1-3H3,(H,29,33). The van der Waals surface area contributed by atoms with Gasteiger partial charge in [-0.15, -0.1) is 0 Å². The number of imide groups is 1. The van der Waals surface area contributed by atoms with E-state index in [1.54, 1.807) is 37.3 Å². The van der Waals surface area contributed by atoms with Gasteiger partial charge in [0.1, 0.15) is 5.78 Å². The van der Waals surface area contributed by atoms with E-state index in [4.69, 9.17) is 4.74 Å². The minimum Gasteiger partial charge on any atom is -0.466 e. The van der Waals surface area contributed by atoms with Crippen LogP contribution in [0.3, 0.4) is 0 Å². The highest BCUT2D eigenvalue weighted by Gasteiger charge is 2.34. The van der Waals surface area contributed by atoms with Crippen molar-refractivity contribution in [3.05, 3.63) is 53.6 Å². The van der Waals surface area contributed by atoms with Crippen molar-refractivity contribution < 1.29 is 28.7 Å².